The molecule has 60 heavy (non-hydrogen) atoms. The van der Waals surface area contributed by atoms with E-state index in [2.05, 4.69) is 41.5 Å². The lowest BCUT2D eigenvalue weighted by molar-refractivity contribution is -0.167. The fourth-order valence-electron chi connectivity index (χ4n) is 8.05. The Morgan fingerprint density at radius 2 is 0.583 bits per heavy atom. The molecule has 0 bridgehead atoms. The quantitative estimate of drug-likeness (QED) is 0.0345. The summed E-state index contributed by atoms with van der Waals surface area (Å²) in [6.07, 6.45) is 45.1. The van der Waals surface area contributed by atoms with E-state index in [9.17, 15) is 14.4 Å². The average molecular weight is 849 g/mol. The summed E-state index contributed by atoms with van der Waals surface area (Å²) in [7, 11) is 0. The number of ether oxygens (including phenoxy) is 3. The van der Waals surface area contributed by atoms with Crippen LogP contribution >= 0.6 is 0 Å². The molecule has 0 amide bonds. The molecule has 0 saturated heterocycles. The van der Waals surface area contributed by atoms with Crippen LogP contribution < -0.4 is 0 Å². The Morgan fingerprint density at radius 1 is 0.333 bits per heavy atom. The first-order valence-corrected chi connectivity index (χ1v) is 26.7. The standard InChI is InChI=1S/C54H104O6/c1-7-49(5)41-35-29-23-18-20-26-32-38-44-53(56)59-47-51(60-54(57)45-39-33-27-21-19-24-30-36-42-50(6)8-2)46-58-52(55)43-37-31-25-17-15-13-11-9-10-12-14-16-22-28-34-40-48(3)4/h48-51H,7-47H2,1-6H3/t49?,50?,51-/m0/s1. The molecule has 0 rings (SSSR count). The van der Waals surface area contributed by atoms with Gasteiger partial charge in [0, 0.05) is 19.3 Å². The monoisotopic (exact) mass is 849 g/mol. The van der Waals surface area contributed by atoms with E-state index >= 15 is 0 Å². The van der Waals surface area contributed by atoms with E-state index in [-0.39, 0.29) is 31.1 Å². The summed E-state index contributed by atoms with van der Waals surface area (Å²) in [4.78, 5) is 38.0. The molecule has 0 aliphatic rings. The minimum atomic E-state index is -0.763. The highest BCUT2D eigenvalue weighted by Crippen LogP contribution is 2.18. The third-order valence-electron chi connectivity index (χ3n) is 12.9. The molecule has 0 saturated carbocycles. The van der Waals surface area contributed by atoms with Gasteiger partial charge in [-0.1, -0.05) is 253 Å². The molecule has 0 N–H and O–H groups in total. The van der Waals surface area contributed by atoms with E-state index in [0.717, 1.165) is 75.5 Å². The van der Waals surface area contributed by atoms with E-state index in [1.807, 2.05) is 0 Å². The van der Waals surface area contributed by atoms with Gasteiger partial charge in [-0.2, -0.15) is 0 Å². The fraction of sp³-hybridized carbons (Fsp3) is 0.944. The third kappa shape index (κ3) is 44.5. The second-order valence-corrected chi connectivity index (χ2v) is 19.5. The maximum Gasteiger partial charge on any atom is 0.306 e. The lowest BCUT2D eigenvalue weighted by Crippen LogP contribution is -2.30. The van der Waals surface area contributed by atoms with Crippen molar-refractivity contribution < 1.29 is 28.6 Å². The largest absolute Gasteiger partial charge is 0.462 e. The van der Waals surface area contributed by atoms with Crippen molar-refractivity contribution in [2.45, 2.75) is 298 Å². The van der Waals surface area contributed by atoms with Crippen LogP contribution in [0, 0.1) is 17.8 Å². The van der Waals surface area contributed by atoms with Gasteiger partial charge in [0.2, 0.25) is 0 Å². The Labute approximate surface area is 374 Å². The Morgan fingerprint density at radius 3 is 0.867 bits per heavy atom. The van der Waals surface area contributed by atoms with Crippen LogP contribution in [0.1, 0.15) is 292 Å². The average Bonchev–Trinajstić information content (AvgIpc) is 3.23. The zero-order valence-electron chi connectivity index (χ0n) is 41.3. The number of hydrogen-bond donors (Lipinski definition) is 0. The molecule has 2 unspecified atom stereocenters. The van der Waals surface area contributed by atoms with Gasteiger partial charge in [-0.25, -0.2) is 0 Å². The van der Waals surface area contributed by atoms with Crippen molar-refractivity contribution in [1.29, 1.82) is 0 Å². The first kappa shape index (κ1) is 58.4. The highest BCUT2D eigenvalue weighted by Gasteiger charge is 2.19. The van der Waals surface area contributed by atoms with Crippen LogP contribution in [0.25, 0.3) is 0 Å². The molecule has 0 aromatic rings. The summed E-state index contributed by atoms with van der Waals surface area (Å²) in [6.45, 7) is 13.7. The number of esters is 3. The van der Waals surface area contributed by atoms with Crippen molar-refractivity contribution >= 4 is 17.9 Å². The Kier molecular flexibility index (Phi) is 44.2. The molecular formula is C54H104O6. The number of unbranched alkanes of at least 4 members (excludes halogenated alkanes) is 28. The second-order valence-electron chi connectivity index (χ2n) is 19.5. The molecule has 0 aromatic carbocycles. The Balaban J connectivity index is 4.29. The lowest BCUT2D eigenvalue weighted by atomic mass is 9.99. The van der Waals surface area contributed by atoms with Crippen LogP contribution in [0.3, 0.4) is 0 Å². The molecule has 356 valence electrons. The molecule has 0 aliphatic heterocycles. The van der Waals surface area contributed by atoms with Gasteiger partial charge in [-0.3, -0.25) is 14.4 Å². The molecule has 6 heteroatoms. The molecular weight excluding hydrogens is 745 g/mol. The van der Waals surface area contributed by atoms with Crippen LogP contribution in [0.2, 0.25) is 0 Å². The van der Waals surface area contributed by atoms with Gasteiger partial charge < -0.3 is 14.2 Å². The summed E-state index contributed by atoms with van der Waals surface area (Å²) < 4.78 is 16.8. The van der Waals surface area contributed by atoms with Gasteiger partial charge in [-0.15, -0.1) is 0 Å². The van der Waals surface area contributed by atoms with Crippen molar-refractivity contribution in [1.82, 2.24) is 0 Å². The lowest BCUT2D eigenvalue weighted by Gasteiger charge is -2.18. The number of carbonyl (C=O) groups is 3. The minimum Gasteiger partial charge on any atom is -0.462 e. The highest BCUT2D eigenvalue weighted by molar-refractivity contribution is 5.71. The second kappa shape index (κ2) is 45.4. The van der Waals surface area contributed by atoms with Gasteiger partial charge >= 0.3 is 17.9 Å². The van der Waals surface area contributed by atoms with Crippen molar-refractivity contribution in [2.75, 3.05) is 13.2 Å². The van der Waals surface area contributed by atoms with Crippen LogP contribution in [0.15, 0.2) is 0 Å². The third-order valence-corrected chi connectivity index (χ3v) is 12.9. The van der Waals surface area contributed by atoms with E-state index in [1.165, 1.54) is 173 Å². The number of hydrogen-bond acceptors (Lipinski definition) is 6. The van der Waals surface area contributed by atoms with Crippen LogP contribution in [-0.2, 0) is 28.6 Å². The van der Waals surface area contributed by atoms with Gasteiger partial charge in [-0.05, 0) is 37.0 Å². The van der Waals surface area contributed by atoms with E-state index < -0.39 is 6.10 Å². The molecule has 0 fully saturated rings. The van der Waals surface area contributed by atoms with Gasteiger partial charge in [0.25, 0.3) is 0 Å². The van der Waals surface area contributed by atoms with E-state index in [0.29, 0.717) is 19.3 Å². The molecule has 0 spiro atoms. The summed E-state index contributed by atoms with van der Waals surface area (Å²) in [6, 6.07) is 0. The smallest absolute Gasteiger partial charge is 0.306 e. The molecule has 0 heterocycles. The minimum absolute atomic E-state index is 0.0649. The topological polar surface area (TPSA) is 78.9 Å². The summed E-state index contributed by atoms with van der Waals surface area (Å²) in [5, 5.41) is 0. The maximum atomic E-state index is 12.8. The Hall–Kier alpha value is -1.59. The fourth-order valence-corrected chi connectivity index (χ4v) is 8.05. The molecule has 3 atom stereocenters. The van der Waals surface area contributed by atoms with Crippen LogP contribution in [-0.4, -0.2) is 37.2 Å². The predicted octanol–water partition coefficient (Wildman–Crippen LogP) is 17.2. The van der Waals surface area contributed by atoms with Crippen molar-refractivity contribution in [3.05, 3.63) is 0 Å². The zero-order chi connectivity index (χ0) is 44.2. The SMILES string of the molecule is CCC(C)CCCCCCCCCCC(=O)OC[C@H](COC(=O)CCCCCCCCCCCCCCCCCC(C)C)OC(=O)CCCCCCCCCCC(C)CC. The Bertz CT molecular complexity index is 933. The molecule has 6 nitrogen and oxygen atoms in total. The maximum absolute atomic E-state index is 12.8. The summed E-state index contributed by atoms with van der Waals surface area (Å²) in [5.41, 5.74) is 0. The number of rotatable bonds is 47. The van der Waals surface area contributed by atoms with Crippen molar-refractivity contribution in [3.63, 3.8) is 0 Å². The molecule has 0 radical (unpaired) electrons. The zero-order valence-corrected chi connectivity index (χ0v) is 41.3. The summed E-state index contributed by atoms with van der Waals surface area (Å²) in [5.74, 6) is 1.69. The van der Waals surface area contributed by atoms with Gasteiger partial charge in [0.15, 0.2) is 6.10 Å². The van der Waals surface area contributed by atoms with Crippen molar-refractivity contribution in [3.8, 4) is 0 Å². The first-order valence-electron chi connectivity index (χ1n) is 26.7. The predicted molar refractivity (Wildman–Crippen MR) is 256 cm³/mol. The van der Waals surface area contributed by atoms with Gasteiger partial charge in [0.1, 0.15) is 13.2 Å². The molecule has 0 aliphatic carbocycles. The number of carbonyl (C=O) groups excluding carboxylic acids is 3. The van der Waals surface area contributed by atoms with E-state index in [4.69, 9.17) is 14.2 Å². The summed E-state index contributed by atoms with van der Waals surface area (Å²) >= 11 is 0. The van der Waals surface area contributed by atoms with E-state index in [1.54, 1.807) is 0 Å². The van der Waals surface area contributed by atoms with Crippen LogP contribution in [0.5, 0.6) is 0 Å². The van der Waals surface area contributed by atoms with Gasteiger partial charge in [0.05, 0.1) is 0 Å². The molecule has 0 aromatic heterocycles. The normalized spacial score (nSPS) is 13.1. The van der Waals surface area contributed by atoms with Crippen LogP contribution in [0.4, 0.5) is 0 Å². The highest BCUT2D eigenvalue weighted by atomic mass is 16.6. The first-order chi connectivity index (χ1) is 29.2. The van der Waals surface area contributed by atoms with Crippen molar-refractivity contribution in [2.24, 2.45) is 17.8 Å².